The van der Waals surface area contributed by atoms with Crippen LogP contribution in [0.25, 0.3) is 0 Å². The number of amides is 1. The molecule has 1 amide bonds. The first kappa shape index (κ1) is 26.4. The van der Waals surface area contributed by atoms with E-state index in [-0.39, 0.29) is 22.2 Å². The predicted molar refractivity (Wildman–Crippen MR) is 130 cm³/mol. The fourth-order valence-electron chi connectivity index (χ4n) is 3.27. The number of hydrogen-bond acceptors (Lipinski definition) is 5. The van der Waals surface area contributed by atoms with Crippen molar-refractivity contribution < 1.29 is 22.7 Å². The monoisotopic (exact) mass is 474 g/mol. The first-order chi connectivity index (χ1) is 15.4. The summed E-state index contributed by atoms with van der Waals surface area (Å²) in [5.74, 6) is -0.520. The van der Waals surface area contributed by atoms with Crippen LogP contribution in [0, 0.1) is 6.92 Å². The number of nitrogens with one attached hydrogen (secondary N) is 2. The van der Waals surface area contributed by atoms with Gasteiger partial charge in [0, 0.05) is 24.2 Å². The molecule has 2 aromatic carbocycles. The summed E-state index contributed by atoms with van der Waals surface area (Å²) in [6.07, 6.45) is 2.60. The van der Waals surface area contributed by atoms with Crippen molar-refractivity contribution in [2.75, 3.05) is 18.4 Å². The highest BCUT2D eigenvalue weighted by Crippen LogP contribution is 2.28. The highest BCUT2D eigenvalue weighted by molar-refractivity contribution is 7.92. The van der Waals surface area contributed by atoms with Gasteiger partial charge in [0.2, 0.25) is 0 Å². The van der Waals surface area contributed by atoms with E-state index in [1.807, 2.05) is 32.9 Å². The molecule has 7 nitrogen and oxygen atoms in total. The smallest absolute Gasteiger partial charge is 0.305 e. The van der Waals surface area contributed by atoms with Crippen LogP contribution in [-0.4, -0.2) is 33.9 Å². The largest absolute Gasteiger partial charge is 0.469 e. The Labute approximate surface area is 197 Å². The van der Waals surface area contributed by atoms with Gasteiger partial charge >= 0.3 is 5.97 Å². The van der Waals surface area contributed by atoms with Gasteiger partial charge in [0.1, 0.15) is 0 Å². The minimum Gasteiger partial charge on any atom is -0.469 e. The molecule has 0 atom stereocenters. The predicted octanol–water partition coefficient (Wildman–Crippen LogP) is 4.56. The maximum absolute atomic E-state index is 13.1. The fraction of sp³-hybridized carbons (Fsp3) is 0.440. The number of esters is 1. The lowest BCUT2D eigenvalue weighted by Crippen LogP contribution is -2.24. The molecular formula is C25H34N2O5S. The SMILES string of the molecule is COC(=O)CCCCCNC(=O)c1cccc(NS(=O)(=O)c2cc(C(C)(C)C)ccc2C)c1. The van der Waals surface area contributed by atoms with Gasteiger partial charge in [-0.15, -0.1) is 0 Å². The number of ether oxygens (including phenoxy) is 1. The zero-order chi connectivity index (χ0) is 24.6. The standard InChI is InChI=1S/C25H34N2O5S/c1-18-13-14-20(25(2,3)4)17-22(18)33(30,31)27-21-11-9-10-19(16-21)24(29)26-15-8-6-7-12-23(28)32-5/h9-11,13-14,16-17,27H,6-8,12,15H2,1-5H3,(H,26,29). The molecule has 0 aliphatic rings. The lowest BCUT2D eigenvalue weighted by atomic mass is 9.87. The third-order valence-corrected chi connectivity index (χ3v) is 6.81. The molecular weight excluding hydrogens is 440 g/mol. The average Bonchev–Trinajstić information content (AvgIpc) is 2.74. The topological polar surface area (TPSA) is 102 Å². The van der Waals surface area contributed by atoms with E-state index in [4.69, 9.17) is 0 Å². The van der Waals surface area contributed by atoms with Crippen molar-refractivity contribution >= 4 is 27.6 Å². The molecule has 180 valence electrons. The second-order valence-electron chi connectivity index (χ2n) is 9.06. The molecule has 0 aromatic heterocycles. The maximum atomic E-state index is 13.1. The van der Waals surface area contributed by atoms with Crippen LogP contribution in [0.3, 0.4) is 0 Å². The first-order valence-corrected chi connectivity index (χ1v) is 12.5. The van der Waals surface area contributed by atoms with Gasteiger partial charge in [-0.05, 0) is 60.6 Å². The van der Waals surface area contributed by atoms with Crippen LogP contribution in [0.4, 0.5) is 5.69 Å². The van der Waals surface area contributed by atoms with Crippen molar-refractivity contribution in [3.05, 3.63) is 59.2 Å². The Morgan fingerprint density at radius 1 is 1.00 bits per heavy atom. The number of aryl methyl sites for hydroxylation is 1. The summed E-state index contributed by atoms with van der Waals surface area (Å²) in [5, 5.41) is 2.82. The number of anilines is 1. The summed E-state index contributed by atoms with van der Waals surface area (Å²) < 4.78 is 33.4. The second-order valence-corrected chi connectivity index (χ2v) is 10.7. The van der Waals surface area contributed by atoms with E-state index in [1.165, 1.54) is 13.2 Å². The Kier molecular flexibility index (Phi) is 9.05. The van der Waals surface area contributed by atoms with Gasteiger partial charge in [-0.3, -0.25) is 14.3 Å². The molecule has 33 heavy (non-hydrogen) atoms. The number of rotatable bonds is 10. The lowest BCUT2D eigenvalue weighted by molar-refractivity contribution is -0.140. The minimum absolute atomic E-state index is 0.185. The van der Waals surface area contributed by atoms with Gasteiger partial charge in [0.15, 0.2) is 0 Å². The molecule has 0 radical (unpaired) electrons. The Hall–Kier alpha value is -2.87. The Balaban J connectivity index is 2.03. The molecule has 0 saturated heterocycles. The number of unbranched alkanes of at least 4 members (excludes halogenated alkanes) is 2. The van der Waals surface area contributed by atoms with Gasteiger partial charge in [-0.2, -0.15) is 0 Å². The Morgan fingerprint density at radius 3 is 2.39 bits per heavy atom. The molecule has 0 saturated carbocycles. The molecule has 0 fully saturated rings. The van der Waals surface area contributed by atoms with Gasteiger partial charge in [-0.1, -0.05) is 45.4 Å². The summed E-state index contributed by atoms with van der Waals surface area (Å²) in [5.41, 5.74) is 2.07. The molecule has 0 bridgehead atoms. The highest BCUT2D eigenvalue weighted by Gasteiger charge is 2.22. The normalized spacial score (nSPS) is 11.7. The van der Waals surface area contributed by atoms with Crippen molar-refractivity contribution in [1.82, 2.24) is 5.32 Å². The van der Waals surface area contributed by atoms with Crippen LogP contribution in [0.15, 0.2) is 47.4 Å². The highest BCUT2D eigenvalue weighted by atomic mass is 32.2. The van der Waals surface area contributed by atoms with Crippen molar-refractivity contribution in [3.8, 4) is 0 Å². The summed E-state index contributed by atoms with van der Waals surface area (Å²) >= 11 is 0. The van der Waals surface area contributed by atoms with Gasteiger partial charge in [-0.25, -0.2) is 8.42 Å². The molecule has 8 heteroatoms. The quantitative estimate of drug-likeness (QED) is 0.388. The molecule has 2 N–H and O–H groups in total. The van der Waals surface area contributed by atoms with Crippen LogP contribution in [0.1, 0.15) is 67.9 Å². The van der Waals surface area contributed by atoms with Crippen LogP contribution in [-0.2, 0) is 25.0 Å². The Bertz CT molecular complexity index is 1090. The lowest BCUT2D eigenvalue weighted by Gasteiger charge is -2.21. The number of hydrogen-bond donors (Lipinski definition) is 2. The van der Waals surface area contributed by atoms with E-state index in [9.17, 15) is 18.0 Å². The van der Waals surface area contributed by atoms with E-state index in [2.05, 4.69) is 14.8 Å². The number of carbonyl (C=O) groups is 2. The summed E-state index contributed by atoms with van der Waals surface area (Å²) in [6.45, 7) is 8.32. The molecule has 0 aliphatic heterocycles. The average molecular weight is 475 g/mol. The number of carbonyl (C=O) groups excluding carboxylic acids is 2. The van der Waals surface area contributed by atoms with E-state index in [0.717, 1.165) is 18.4 Å². The minimum atomic E-state index is -3.83. The van der Waals surface area contributed by atoms with Crippen molar-refractivity contribution in [1.29, 1.82) is 0 Å². The summed E-state index contributed by atoms with van der Waals surface area (Å²) in [7, 11) is -2.46. The third kappa shape index (κ3) is 7.89. The molecule has 0 unspecified atom stereocenters. The molecule has 2 aromatic rings. The van der Waals surface area contributed by atoms with E-state index in [0.29, 0.717) is 36.2 Å². The number of sulfonamides is 1. The van der Waals surface area contributed by atoms with Crippen molar-refractivity contribution in [3.63, 3.8) is 0 Å². The molecule has 2 rings (SSSR count). The zero-order valence-corrected chi connectivity index (χ0v) is 20.8. The van der Waals surface area contributed by atoms with E-state index < -0.39 is 10.0 Å². The van der Waals surface area contributed by atoms with Crippen LogP contribution in [0.5, 0.6) is 0 Å². The number of methoxy groups -OCH3 is 1. The van der Waals surface area contributed by atoms with E-state index >= 15 is 0 Å². The third-order valence-electron chi connectivity index (χ3n) is 5.29. The van der Waals surface area contributed by atoms with Gasteiger partial charge in [0.25, 0.3) is 15.9 Å². The van der Waals surface area contributed by atoms with Gasteiger partial charge < -0.3 is 10.1 Å². The first-order valence-electron chi connectivity index (χ1n) is 11.0. The van der Waals surface area contributed by atoms with Crippen molar-refractivity contribution in [2.24, 2.45) is 0 Å². The summed E-state index contributed by atoms with van der Waals surface area (Å²) in [6, 6.07) is 11.9. The maximum Gasteiger partial charge on any atom is 0.305 e. The molecule has 0 aliphatic carbocycles. The Morgan fingerprint density at radius 2 is 1.73 bits per heavy atom. The van der Waals surface area contributed by atoms with E-state index in [1.54, 1.807) is 31.2 Å². The van der Waals surface area contributed by atoms with Gasteiger partial charge in [0.05, 0.1) is 12.0 Å². The van der Waals surface area contributed by atoms with Crippen LogP contribution < -0.4 is 10.0 Å². The summed E-state index contributed by atoms with van der Waals surface area (Å²) in [4.78, 5) is 23.8. The number of benzene rings is 2. The molecule has 0 heterocycles. The zero-order valence-electron chi connectivity index (χ0n) is 20.0. The van der Waals surface area contributed by atoms with Crippen LogP contribution >= 0.6 is 0 Å². The fourth-order valence-corrected chi connectivity index (χ4v) is 4.59. The van der Waals surface area contributed by atoms with Crippen molar-refractivity contribution in [2.45, 2.75) is 63.7 Å². The van der Waals surface area contributed by atoms with Crippen LogP contribution in [0.2, 0.25) is 0 Å². The second kappa shape index (κ2) is 11.3. The molecule has 0 spiro atoms.